The zero-order valence-corrected chi connectivity index (χ0v) is 9.57. The summed E-state index contributed by atoms with van der Waals surface area (Å²) in [6.45, 7) is 0. The number of nitrogens with one attached hydrogen (secondary N) is 1. The normalized spacial score (nSPS) is 10.1. The van der Waals surface area contributed by atoms with Crippen LogP contribution in [-0.4, -0.2) is 24.1 Å². The molecule has 0 fully saturated rings. The Kier molecular flexibility index (Phi) is 3.18. The number of hydrogen-bond acceptors (Lipinski definition) is 4. The third-order valence-electron chi connectivity index (χ3n) is 2.34. The smallest absolute Gasteiger partial charge is 0.222 e. The van der Waals surface area contributed by atoms with E-state index >= 15 is 0 Å². The van der Waals surface area contributed by atoms with Gasteiger partial charge < -0.3 is 10.1 Å². The van der Waals surface area contributed by atoms with Crippen LogP contribution in [0.1, 0.15) is 0 Å². The van der Waals surface area contributed by atoms with Crippen molar-refractivity contribution in [2.75, 3.05) is 19.5 Å². The number of benzene rings is 1. The van der Waals surface area contributed by atoms with Crippen molar-refractivity contribution in [3.63, 3.8) is 0 Å². The number of halogens is 1. The van der Waals surface area contributed by atoms with E-state index in [-0.39, 0.29) is 5.75 Å². The fourth-order valence-corrected chi connectivity index (χ4v) is 1.50. The summed E-state index contributed by atoms with van der Waals surface area (Å²) in [5.74, 6) is 0.229. The number of hydrogen-bond donors (Lipinski definition) is 1. The number of anilines is 1. The van der Waals surface area contributed by atoms with E-state index in [1.165, 1.54) is 7.11 Å². The summed E-state index contributed by atoms with van der Waals surface area (Å²) in [6.07, 6.45) is 1.58. The highest BCUT2D eigenvalue weighted by molar-refractivity contribution is 5.63. The molecule has 0 aliphatic rings. The zero-order valence-electron chi connectivity index (χ0n) is 9.57. The lowest BCUT2D eigenvalue weighted by molar-refractivity contribution is 0.387. The summed E-state index contributed by atoms with van der Waals surface area (Å²) in [6, 6.07) is 6.59. The first-order valence-electron chi connectivity index (χ1n) is 5.10. The SMILES string of the molecule is CNc1nccc(-c2cccc(OC)c2F)n1. The average Bonchev–Trinajstić information content (AvgIpc) is 2.39. The van der Waals surface area contributed by atoms with Crippen LogP contribution in [0.2, 0.25) is 0 Å². The monoisotopic (exact) mass is 233 g/mol. The van der Waals surface area contributed by atoms with Gasteiger partial charge in [-0.25, -0.2) is 14.4 Å². The Morgan fingerprint density at radius 1 is 1.29 bits per heavy atom. The van der Waals surface area contributed by atoms with Crippen LogP contribution < -0.4 is 10.1 Å². The molecule has 5 heteroatoms. The molecule has 0 unspecified atom stereocenters. The Balaban J connectivity index is 2.52. The van der Waals surface area contributed by atoms with E-state index in [1.54, 1.807) is 37.5 Å². The second-order valence-corrected chi connectivity index (χ2v) is 3.34. The highest BCUT2D eigenvalue weighted by Gasteiger charge is 2.11. The number of aromatic nitrogens is 2. The summed E-state index contributed by atoms with van der Waals surface area (Å²) >= 11 is 0. The molecule has 1 N–H and O–H groups in total. The predicted octanol–water partition coefficient (Wildman–Crippen LogP) is 2.33. The first kappa shape index (κ1) is 11.3. The molecule has 1 aromatic carbocycles. The van der Waals surface area contributed by atoms with Crippen molar-refractivity contribution < 1.29 is 9.13 Å². The predicted molar refractivity (Wildman–Crippen MR) is 63.5 cm³/mol. The highest BCUT2D eigenvalue weighted by Crippen LogP contribution is 2.27. The molecular weight excluding hydrogens is 221 g/mol. The van der Waals surface area contributed by atoms with Gasteiger partial charge >= 0.3 is 0 Å². The largest absolute Gasteiger partial charge is 0.494 e. The number of ether oxygens (including phenoxy) is 1. The molecule has 0 spiro atoms. The molecule has 0 saturated carbocycles. The molecule has 88 valence electrons. The van der Waals surface area contributed by atoms with Gasteiger partial charge in [-0.3, -0.25) is 0 Å². The van der Waals surface area contributed by atoms with Gasteiger partial charge in [0.2, 0.25) is 5.95 Å². The Morgan fingerprint density at radius 2 is 2.12 bits per heavy atom. The Hall–Kier alpha value is -2.17. The Bertz CT molecular complexity index is 531. The number of methoxy groups -OCH3 is 1. The molecule has 0 saturated heterocycles. The van der Waals surface area contributed by atoms with Crippen molar-refractivity contribution in [3.8, 4) is 17.0 Å². The number of rotatable bonds is 3. The second-order valence-electron chi connectivity index (χ2n) is 3.34. The molecule has 1 heterocycles. The summed E-state index contributed by atoms with van der Waals surface area (Å²) in [5.41, 5.74) is 0.906. The van der Waals surface area contributed by atoms with E-state index in [9.17, 15) is 4.39 Å². The summed E-state index contributed by atoms with van der Waals surface area (Å²) in [7, 11) is 3.14. The molecule has 0 amide bonds. The van der Waals surface area contributed by atoms with Crippen LogP contribution in [0.5, 0.6) is 5.75 Å². The van der Waals surface area contributed by atoms with Gasteiger partial charge in [0.15, 0.2) is 11.6 Å². The third kappa shape index (κ3) is 2.18. The quantitative estimate of drug-likeness (QED) is 0.883. The zero-order chi connectivity index (χ0) is 12.3. The first-order chi connectivity index (χ1) is 8.26. The lowest BCUT2D eigenvalue weighted by Gasteiger charge is -2.07. The molecule has 0 aliphatic carbocycles. The molecule has 0 aliphatic heterocycles. The van der Waals surface area contributed by atoms with E-state index in [4.69, 9.17) is 4.74 Å². The van der Waals surface area contributed by atoms with Gasteiger partial charge in [0.1, 0.15) is 0 Å². The minimum absolute atomic E-state index is 0.201. The molecule has 1 aromatic heterocycles. The van der Waals surface area contributed by atoms with Crippen molar-refractivity contribution in [1.29, 1.82) is 0 Å². The maximum absolute atomic E-state index is 14.0. The molecular formula is C12H12FN3O. The van der Waals surface area contributed by atoms with E-state index < -0.39 is 5.82 Å². The molecule has 4 nitrogen and oxygen atoms in total. The summed E-state index contributed by atoms with van der Waals surface area (Å²) < 4.78 is 18.9. The fraction of sp³-hybridized carbons (Fsp3) is 0.167. The lowest BCUT2D eigenvalue weighted by Crippen LogP contribution is -1.98. The summed E-state index contributed by atoms with van der Waals surface area (Å²) in [4.78, 5) is 8.16. The van der Waals surface area contributed by atoms with E-state index in [0.29, 0.717) is 17.2 Å². The van der Waals surface area contributed by atoms with Gasteiger partial charge in [0.05, 0.1) is 12.8 Å². The van der Waals surface area contributed by atoms with Crippen LogP contribution in [0.15, 0.2) is 30.5 Å². The molecule has 0 radical (unpaired) electrons. The molecule has 0 bridgehead atoms. The molecule has 17 heavy (non-hydrogen) atoms. The lowest BCUT2D eigenvalue weighted by atomic mass is 10.1. The van der Waals surface area contributed by atoms with Gasteiger partial charge in [-0.2, -0.15) is 0 Å². The van der Waals surface area contributed by atoms with Crippen molar-refractivity contribution in [1.82, 2.24) is 9.97 Å². The topological polar surface area (TPSA) is 47.0 Å². The highest BCUT2D eigenvalue weighted by atomic mass is 19.1. The standard InChI is InChI=1S/C12H12FN3O/c1-14-12-15-7-6-9(16-12)8-4-3-5-10(17-2)11(8)13/h3-7H,1-2H3,(H,14,15,16). The summed E-state index contributed by atoms with van der Waals surface area (Å²) in [5, 5.41) is 2.81. The van der Waals surface area contributed by atoms with E-state index in [0.717, 1.165) is 0 Å². The Labute approximate surface area is 98.5 Å². The van der Waals surface area contributed by atoms with Crippen LogP contribution >= 0.6 is 0 Å². The molecule has 2 aromatic rings. The van der Waals surface area contributed by atoms with Crippen molar-refractivity contribution in [3.05, 3.63) is 36.3 Å². The van der Waals surface area contributed by atoms with Gasteiger partial charge in [-0.05, 0) is 18.2 Å². The van der Waals surface area contributed by atoms with Crippen LogP contribution in [0, 0.1) is 5.82 Å². The minimum Gasteiger partial charge on any atom is -0.494 e. The van der Waals surface area contributed by atoms with Crippen molar-refractivity contribution >= 4 is 5.95 Å². The number of nitrogens with zero attached hydrogens (tertiary/aromatic N) is 2. The second kappa shape index (κ2) is 4.78. The maximum atomic E-state index is 14.0. The van der Waals surface area contributed by atoms with Gasteiger partial charge in [-0.15, -0.1) is 0 Å². The van der Waals surface area contributed by atoms with Crippen LogP contribution in [0.4, 0.5) is 10.3 Å². The average molecular weight is 233 g/mol. The minimum atomic E-state index is -0.421. The molecule has 2 rings (SSSR count). The van der Waals surface area contributed by atoms with Crippen molar-refractivity contribution in [2.24, 2.45) is 0 Å². The van der Waals surface area contributed by atoms with E-state index in [1.807, 2.05) is 0 Å². The fourth-order valence-electron chi connectivity index (χ4n) is 1.50. The van der Waals surface area contributed by atoms with Gasteiger partial charge in [0.25, 0.3) is 0 Å². The maximum Gasteiger partial charge on any atom is 0.222 e. The van der Waals surface area contributed by atoms with Crippen LogP contribution in [-0.2, 0) is 0 Å². The third-order valence-corrected chi connectivity index (χ3v) is 2.34. The van der Waals surface area contributed by atoms with Crippen molar-refractivity contribution in [2.45, 2.75) is 0 Å². The van der Waals surface area contributed by atoms with Gasteiger partial charge in [-0.1, -0.05) is 6.07 Å². The molecule has 0 atom stereocenters. The van der Waals surface area contributed by atoms with Gasteiger partial charge in [0, 0.05) is 18.8 Å². The van der Waals surface area contributed by atoms with E-state index in [2.05, 4.69) is 15.3 Å². The van der Waals surface area contributed by atoms with Crippen LogP contribution in [0.3, 0.4) is 0 Å². The first-order valence-corrected chi connectivity index (χ1v) is 5.10. The van der Waals surface area contributed by atoms with Crippen LogP contribution in [0.25, 0.3) is 11.3 Å². The Morgan fingerprint density at radius 3 is 2.82 bits per heavy atom.